The van der Waals surface area contributed by atoms with Crippen LogP contribution in [0.3, 0.4) is 0 Å². The Morgan fingerprint density at radius 2 is 1.71 bits per heavy atom. The topological polar surface area (TPSA) is 96.0 Å². The number of hydrogen-bond donors (Lipinski definition) is 1. The van der Waals surface area contributed by atoms with E-state index in [9.17, 15) is 18.0 Å². The van der Waals surface area contributed by atoms with Crippen LogP contribution in [0.2, 0.25) is 0 Å². The molecule has 2 aromatic rings. The number of benzene rings is 2. The van der Waals surface area contributed by atoms with E-state index in [1.807, 2.05) is 52.0 Å². The maximum absolute atomic E-state index is 13.6. The van der Waals surface area contributed by atoms with Gasteiger partial charge in [-0.1, -0.05) is 36.8 Å². The van der Waals surface area contributed by atoms with Crippen molar-refractivity contribution in [2.75, 3.05) is 30.8 Å². The van der Waals surface area contributed by atoms with Crippen molar-refractivity contribution in [3.63, 3.8) is 0 Å². The molecule has 0 radical (unpaired) electrons. The van der Waals surface area contributed by atoms with Gasteiger partial charge >= 0.3 is 0 Å². The van der Waals surface area contributed by atoms with Crippen LogP contribution in [0.5, 0.6) is 5.75 Å². The van der Waals surface area contributed by atoms with Gasteiger partial charge in [-0.25, -0.2) is 8.42 Å². The largest absolute Gasteiger partial charge is 0.497 e. The Morgan fingerprint density at radius 3 is 2.21 bits per heavy atom. The summed E-state index contributed by atoms with van der Waals surface area (Å²) in [7, 11) is -2.19. The Kier molecular flexibility index (Phi) is 9.49. The van der Waals surface area contributed by atoms with Crippen molar-refractivity contribution in [3.8, 4) is 5.75 Å². The van der Waals surface area contributed by atoms with Crippen LogP contribution in [0.1, 0.15) is 37.0 Å². The number of carbonyl (C=O) groups excluding carboxylic acids is 2. The summed E-state index contributed by atoms with van der Waals surface area (Å²) in [5, 5.41) is 2.78. The molecule has 0 unspecified atom stereocenters. The monoisotopic (exact) mass is 489 g/mol. The van der Waals surface area contributed by atoms with Crippen molar-refractivity contribution < 1.29 is 22.7 Å². The molecule has 2 aromatic carbocycles. The Hall–Kier alpha value is -3.07. The number of anilines is 1. The Bertz CT molecular complexity index is 1100. The molecule has 1 N–H and O–H groups in total. The molecule has 0 bridgehead atoms. The predicted octanol–water partition coefficient (Wildman–Crippen LogP) is 3.02. The standard InChI is InChI=1S/C25H35N3O5S/c1-7-22(25(30)26-8-2)27(16-20-10-12-21(33-5)13-11-20)24(29)17-28(34(6,31)32)23-14-9-18(3)15-19(23)4/h9-15,22H,7-8,16-17H2,1-6H3,(H,26,30)/t22-/m0/s1. The molecule has 0 aliphatic carbocycles. The van der Waals surface area contributed by atoms with E-state index in [0.717, 1.165) is 27.3 Å². The van der Waals surface area contributed by atoms with Crippen molar-refractivity contribution in [3.05, 3.63) is 59.2 Å². The number of methoxy groups -OCH3 is 1. The molecule has 34 heavy (non-hydrogen) atoms. The first kappa shape index (κ1) is 27.2. The van der Waals surface area contributed by atoms with Crippen molar-refractivity contribution >= 4 is 27.5 Å². The van der Waals surface area contributed by atoms with Crippen molar-refractivity contribution in [1.29, 1.82) is 0 Å². The molecule has 0 aromatic heterocycles. The first-order valence-corrected chi connectivity index (χ1v) is 13.1. The number of rotatable bonds is 11. The molecule has 8 nitrogen and oxygen atoms in total. The maximum atomic E-state index is 13.6. The lowest BCUT2D eigenvalue weighted by Crippen LogP contribution is -2.52. The summed E-state index contributed by atoms with van der Waals surface area (Å²) in [6.45, 7) is 7.54. The molecule has 1 atom stereocenters. The Morgan fingerprint density at radius 1 is 1.06 bits per heavy atom. The summed E-state index contributed by atoms with van der Waals surface area (Å²) in [6.07, 6.45) is 1.46. The van der Waals surface area contributed by atoms with Gasteiger partial charge in [0.25, 0.3) is 0 Å². The second-order valence-electron chi connectivity index (χ2n) is 8.25. The van der Waals surface area contributed by atoms with Gasteiger partial charge in [-0.05, 0) is 56.5 Å². The maximum Gasteiger partial charge on any atom is 0.244 e. The highest BCUT2D eigenvalue weighted by molar-refractivity contribution is 7.92. The molecule has 2 rings (SSSR count). The lowest BCUT2D eigenvalue weighted by Gasteiger charge is -2.33. The first-order chi connectivity index (χ1) is 16.0. The molecule has 186 valence electrons. The van der Waals surface area contributed by atoms with Gasteiger partial charge in [-0.3, -0.25) is 13.9 Å². The van der Waals surface area contributed by atoms with E-state index < -0.39 is 28.5 Å². The minimum Gasteiger partial charge on any atom is -0.497 e. The summed E-state index contributed by atoms with van der Waals surface area (Å²) < 4.78 is 31.7. The van der Waals surface area contributed by atoms with Crippen molar-refractivity contribution in [2.24, 2.45) is 0 Å². The lowest BCUT2D eigenvalue weighted by atomic mass is 10.1. The number of likely N-dealkylation sites (N-methyl/N-ethyl adjacent to an activating group) is 1. The number of ether oxygens (including phenoxy) is 1. The number of nitrogens with zero attached hydrogens (tertiary/aromatic N) is 2. The van der Waals surface area contributed by atoms with E-state index in [1.54, 1.807) is 25.3 Å². The summed E-state index contributed by atoms with van der Waals surface area (Å²) in [5.74, 6) is -0.0564. The number of carbonyl (C=O) groups is 2. The van der Waals surface area contributed by atoms with E-state index in [0.29, 0.717) is 24.4 Å². The molecule has 0 heterocycles. The van der Waals surface area contributed by atoms with Crippen LogP contribution in [0, 0.1) is 13.8 Å². The third kappa shape index (κ3) is 6.96. The van der Waals surface area contributed by atoms with Crippen LogP contribution < -0.4 is 14.4 Å². The number of aryl methyl sites for hydroxylation is 2. The summed E-state index contributed by atoms with van der Waals surface area (Å²) in [4.78, 5) is 27.9. The van der Waals surface area contributed by atoms with Gasteiger partial charge in [0.15, 0.2) is 0 Å². The van der Waals surface area contributed by atoms with Crippen LogP contribution >= 0.6 is 0 Å². The number of nitrogens with one attached hydrogen (secondary N) is 1. The van der Waals surface area contributed by atoms with Gasteiger partial charge in [-0.15, -0.1) is 0 Å². The van der Waals surface area contributed by atoms with E-state index in [1.165, 1.54) is 4.90 Å². The first-order valence-electron chi connectivity index (χ1n) is 11.3. The van der Waals surface area contributed by atoms with E-state index >= 15 is 0 Å². The van der Waals surface area contributed by atoms with Crippen molar-refractivity contribution in [2.45, 2.75) is 46.7 Å². The zero-order valence-electron chi connectivity index (χ0n) is 20.8. The van der Waals surface area contributed by atoms with Gasteiger partial charge in [0.1, 0.15) is 18.3 Å². The zero-order chi connectivity index (χ0) is 25.5. The fourth-order valence-electron chi connectivity index (χ4n) is 3.82. The minimum absolute atomic E-state index is 0.156. The summed E-state index contributed by atoms with van der Waals surface area (Å²) >= 11 is 0. The third-order valence-corrected chi connectivity index (χ3v) is 6.68. The lowest BCUT2D eigenvalue weighted by molar-refractivity contribution is -0.140. The highest BCUT2D eigenvalue weighted by Gasteiger charge is 2.31. The highest BCUT2D eigenvalue weighted by Crippen LogP contribution is 2.24. The molecular weight excluding hydrogens is 454 g/mol. The molecule has 0 spiro atoms. The second-order valence-corrected chi connectivity index (χ2v) is 10.2. The number of amides is 2. The normalized spacial score (nSPS) is 12.1. The molecule has 2 amide bonds. The highest BCUT2D eigenvalue weighted by atomic mass is 32.2. The quantitative estimate of drug-likeness (QED) is 0.523. The van der Waals surface area contributed by atoms with Crippen LogP contribution in [0.25, 0.3) is 0 Å². The van der Waals surface area contributed by atoms with Crippen molar-refractivity contribution in [1.82, 2.24) is 10.2 Å². The average molecular weight is 490 g/mol. The molecule has 9 heteroatoms. The average Bonchev–Trinajstić information content (AvgIpc) is 2.77. The van der Waals surface area contributed by atoms with Gasteiger partial charge in [-0.2, -0.15) is 0 Å². The van der Waals surface area contributed by atoms with Gasteiger partial charge < -0.3 is 15.0 Å². The smallest absolute Gasteiger partial charge is 0.244 e. The van der Waals surface area contributed by atoms with Gasteiger partial charge in [0, 0.05) is 13.1 Å². The molecule has 0 aliphatic rings. The van der Waals surface area contributed by atoms with Crippen LogP contribution in [0.15, 0.2) is 42.5 Å². The fraction of sp³-hybridized carbons (Fsp3) is 0.440. The number of hydrogen-bond acceptors (Lipinski definition) is 5. The minimum atomic E-state index is -3.76. The van der Waals surface area contributed by atoms with E-state index in [4.69, 9.17) is 4.74 Å². The van der Waals surface area contributed by atoms with Gasteiger partial charge in [0.2, 0.25) is 21.8 Å². The van der Waals surface area contributed by atoms with E-state index in [2.05, 4.69) is 5.32 Å². The summed E-state index contributed by atoms with van der Waals surface area (Å²) in [6, 6.07) is 11.8. The number of sulfonamides is 1. The Labute approximate surface area is 202 Å². The Balaban J connectivity index is 2.45. The fourth-order valence-corrected chi connectivity index (χ4v) is 4.73. The van der Waals surface area contributed by atoms with Crippen LogP contribution in [-0.2, 0) is 26.2 Å². The molecule has 0 saturated carbocycles. The van der Waals surface area contributed by atoms with Crippen LogP contribution in [-0.4, -0.2) is 57.6 Å². The third-order valence-electron chi connectivity index (χ3n) is 5.55. The van der Waals surface area contributed by atoms with E-state index in [-0.39, 0.29) is 12.5 Å². The van der Waals surface area contributed by atoms with Crippen LogP contribution in [0.4, 0.5) is 5.69 Å². The SMILES string of the molecule is CCNC(=O)[C@H](CC)N(Cc1ccc(OC)cc1)C(=O)CN(c1ccc(C)cc1C)S(C)(=O)=O. The summed E-state index contributed by atoms with van der Waals surface area (Å²) in [5.41, 5.74) is 2.98. The molecule has 0 saturated heterocycles. The zero-order valence-corrected chi connectivity index (χ0v) is 21.6. The molecule has 0 aliphatic heterocycles. The van der Waals surface area contributed by atoms with Gasteiger partial charge in [0.05, 0.1) is 19.1 Å². The predicted molar refractivity (Wildman–Crippen MR) is 134 cm³/mol. The molecular formula is C25H35N3O5S. The molecule has 0 fully saturated rings. The second kappa shape index (κ2) is 11.9.